The molecule has 0 amide bonds. The van der Waals surface area contributed by atoms with Crippen LogP contribution in [0.25, 0.3) is 0 Å². The van der Waals surface area contributed by atoms with Crippen molar-refractivity contribution in [3.05, 3.63) is 0 Å². The van der Waals surface area contributed by atoms with Crippen LogP contribution in [0.3, 0.4) is 0 Å². The second-order valence-corrected chi connectivity index (χ2v) is 4.83. The molecule has 2 atom stereocenters. The summed E-state index contributed by atoms with van der Waals surface area (Å²) in [4.78, 5) is 2.66. The summed E-state index contributed by atoms with van der Waals surface area (Å²) < 4.78 is 0. The van der Waals surface area contributed by atoms with Gasteiger partial charge in [0, 0.05) is 18.1 Å². The number of hydrogen-bond donors (Lipinski definition) is 1. The molecule has 2 unspecified atom stereocenters. The lowest BCUT2D eigenvalue weighted by Gasteiger charge is -2.42. The van der Waals surface area contributed by atoms with Gasteiger partial charge in [-0.1, -0.05) is 20.3 Å². The van der Waals surface area contributed by atoms with E-state index in [2.05, 4.69) is 25.7 Å². The minimum atomic E-state index is 0.398. The molecule has 2 N–H and O–H groups in total. The molecule has 1 saturated heterocycles. The van der Waals surface area contributed by atoms with E-state index in [1.807, 2.05) is 0 Å². The largest absolute Gasteiger partial charge is 0.329 e. The molecular weight excluding hydrogens is 172 g/mol. The molecule has 1 fully saturated rings. The molecule has 0 radical (unpaired) electrons. The first-order chi connectivity index (χ1) is 6.68. The minimum Gasteiger partial charge on any atom is -0.329 e. The fourth-order valence-electron chi connectivity index (χ4n) is 2.85. The fourth-order valence-corrected chi connectivity index (χ4v) is 2.85. The van der Waals surface area contributed by atoms with E-state index in [9.17, 15) is 0 Å². The van der Waals surface area contributed by atoms with Crippen LogP contribution in [0.5, 0.6) is 0 Å². The number of hydrogen-bond acceptors (Lipinski definition) is 2. The van der Waals surface area contributed by atoms with Gasteiger partial charge in [0.05, 0.1) is 0 Å². The Hall–Kier alpha value is -0.0800. The molecule has 2 nitrogen and oxygen atoms in total. The van der Waals surface area contributed by atoms with Gasteiger partial charge in [0.15, 0.2) is 0 Å². The number of nitrogens with two attached hydrogens (primary N) is 1. The van der Waals surface area contributed by atoms with Crippen molar-refractivity contribution in [1.29, 1.82) is 0 Å². The summed E-state index contributed by atoms with van der Waals surface area (Å²) >= 11 is 0. The summed E-state index contributed by atoms with van der Waals surface area (Å²) in [5, 5.41) is 0. The van der Waals surface area contributed by atoms with Crippen LogP contribution in [0.2, 0.25) is 0 Å². The van der Waals surface area contributed by atoms with E-state index in [0.29, 0.717) is 11.6 Å². The third kappa shape index (κ3) is 2.29. The average Bonchev–Trinajstić information content (AvgIpc) is 2.66. The molecule has 0 bridgehead atoms. The van der Waals surface area contributed by atoms with E-state index < -0.39 is 0 Å². The predicted molar refractivity (Wildman–Crippen MR) is 62.4 cm³/mol. The molecule has 0 aliphatic carbocycles. The van der Waals surface area contributed by atoms with Crippen LogP contribution < -0.4 is 5.73 Å². The highest BCUT2D eigenvalue weighted by Crippen LogP contribution is 2.32. The van der Waals surface area contributed by atoms with E-state index in [0.717, 1.165) is 6.54 Å². The van der Waals surface area contributed by atoms with Crippen molar-refractivity contribution in [3.63, 3.8) is 0 Å². The van der Waals surface area contributed by atoms with Crippen LogP contribution in [-0.2, 0) is 0 Å². The van der Waals surface area contributed by atoms with Crippen molar-refractivity contribution in [2.75, 3.05) is 13.1 Å². The second-order valence-electron chi connectivity index (χ2n) is 4.83. The van der Waals surface area contributed by atoms with Gasteiger partial charge in [-0.05, 0) is 39.2 Å². The first kappa shape index (κ1) is 12.0. The lowest BCUT2D eigenvalue weighted by atomic mass is 9.90. The molecule has 84 valence electrons. The van der Waals surface area contributed by atoms with Crippen molar-refractivity contribution in [1.82, 2.24) is 4.90 Å². The Kier molecular flexibility index (Phi) is 4.39. The standard InChI is InChI=1S/C12H26N2/c1-4-8-12(3,5-2)14-9-6-7-11(14)10-13/h11H,4-10,13H2,1-3H3. The van der Waals surface area contributed by atoms with Crippen molar-refractivity contribution < 1.29 is 0 Å². The third-order valence-corrected chi connectivity index (χ3v) is 3.89. The number of rotatable bonds is 5. The Bertz CT molecular complexity index is 170. The molecular formula is C12H26N2. The molecule has 14 heavy (non-hydrogen) atoms. The van der Waals surface area contributed by atoms with Crippen LogP contribution in [-0.4, -0.2) is 29.6 Å². The first-order valence-electron chi connectivity index (χ1n) is 6.14. The van der Waals surface area contributed by atoms with Gasteiger partial charge in [0.1, 0.15) is 0 Å². The lowest BCUT2D eigenvalue weighted by molar-refractivity contribution is 0.0790. The maximum Gasteiger partial charge on any atom is 0.0224 e. The summed E-state index contributed by atoms with van der Waals surface area (Å²) in [6.07, 6.45) is 6.46. The molecule has 0 aromatic rings. The number of likely N-dealkylation sites (tertiary alicyclic amines) is 1. The topological polar surface area (TPSA) is 29.3 Å². The molecule has 2 heteroatoms. The van der Waals surface area contributed by atoms with E-state index in [4.69, 9.17) is 5.73 Å². The van der Waals surface area contributed by atoms with Crippen LogP contribution in [0, 0.1) is 0 Å². The first-order valence-corrected chi connectivity index (χ1v) is 6.14. The van der Waals surface area contributed by atoms with Gasteiger partial charge in [-0.25, -0.2) is 0 Å². The third-order valence-electron chi connectivity index (χ3n) is 3.89. The van der Waals surface area contributed by atoms with Crippen molar-refractivity contribution >= 4 is 0 Å². The van der Waals surface area contributed by atoms with Crippen LogP contribution in [0.1, 0.15) is 52.9 Å². The van der Waals surface area contributed by atoms with Gasteiger partial charge in [0.2, 0.25) is 0 Å². The fraction of sp³-hybridized carbons (Fsp3) is 1.00. The van der Waals surface area contributed by atoms with Crippen LogP contribution in [0.4, 0.5) is 0 Å². The summed E-state index contributed by atoms with van der Waals surface area (Å²) in [6.45, 7) is 9.08. The molecule has 1 heterocycles. The molecule has 1 aliphatic rings. The zero-order valence-corrected chi connectivity index (χ0v) is 10.1. The highest BCUT2D eigenvalue weighted by atomic mass is 15.2. The predicted octanol–water partition coefficient (Wildman–Crippen LogP) is 2.38. The minimum absolute atomic E-state index is 0.398. The molecule has 0 spiro atoms. The normalized spacial score (nSPS) is 27.9. The van der Waals surface area contributed by atoms with Gasteiger partial charge in [-0.2, -0.15) is 0 Å². The highest BCUT2D eigenvalue weighted by Gasteiger charge is 2.36. The van der Waals surface area contributed by atoms with E-state index in [1.165, 1.54) is 38.6 Å². The molecule has 0 aromatic carbocycles. The molecule has 0 saturated carbocycles. The van der Waals surface area contributed by atoms with Gasteiger partial charge >= 0.3 is 0 Å². The second kappa shape index (κ2) is 5.13. The molecule has 1 rings (SSSR count). The zero-order valence-electron chi connectivity index (χ0n) is 10.1. The van der Waals surface area contributed by atoms with Crippen LogP contribution in [0.15, 0.2) is 0 Å². The van der Waals surface area contributed by atoms with E-state index in [-0.39, 0.29) is 0 Å². The zero-order chi connectivity index (χ0) is 10.6. The van der Waals surface area contributed by atoms with Crippen molar-refractivity contribution in [2.45, 2.75) is 64.5 Å². The van der Waals surface area contributed by atoms with Gasteiger partial charge < -0.3 is 5.73 Å². The highest BCUT2D eigenvalue weighted by molar-refractivity contribution is 4.93. The van der Waals surface area contributed by atoms with Crippen molar-refractivity contribution in [2.24, 2.45) is 5.73 Å². The summed E-state index contributed by atoms with van der Waals surface area (Å²) in [6, 6.07) is 0.645. The Labute approximate surface area is 88.8 Å². The quantitative estimate of drug-likeness (QED) is 0.735. The van der Waals surface area contributed by atoms with E-state index >= 15 is 0 Å². The average molecular weight is 198 g/mol. The molecule has 1 aliphatic heterocycles. The van der Waals surface area contributed by atoms with Crippen molar-refractivity contribution in [3.8, 4) is 0 Å². The summed E-state index contributed by atoms with van der Waals surface area (Å²) in [5.74, 6) is 0. The van der Waals surface area contributed by atoms with Gasteiger partial charge in [-0.15, -0.1) is 0 Å². The Morgan fingerprint density at radius 1 is 1.43 bits per heavy atom. The van der Waals surface area contributed by atoms with Crippen LogP contribution >= 0.6 is 0 Å². The monoisotopic (exact) mass is 198 g/mol. The summed E-state index contributed by atoms with van der Waals surface area (Å²) in [5.41, 5.74) is 6.23. The Morgan fingerprint density at radius 2 is 2.14 bits per heavy atom. The van der Waals surface area contributed by atoms with Gasteiger partial charge in [-0.3, -0.25) is 4.90 Å². The maximum absolute atomic E-state index is 5.83. The lowest BCUT2D eigenvalue weighted by Crippen LogP contribution is -2.50. The molecule has 0 aromatic heterocycles. The SMILES string of the molecule is CCCC(C)(CC)N1CCCC1CN. The van der Waals surface area contributed by atoms with E-state index in [1.54, 1.807) is 0 Å². The number of nitrogens with zero attached hydrogens (tertiary/aromatic N) is 1. The van der Waals surface area contributed by atoms with Gasteiger partial charge in [0.25, 0.3) is 0 Å². The maximum atomic E-state index is 5.83. The smallest absolute Gasteiger partial charge is 0.0224 e. The Balaban J connectivity index is 2.66. The summed E-state index contributed by atoms with van der Waals surface area (Å²) in [7, 11) is 0. The Morgan fingerprint density at radius 3 is 2.64 bits per heavy atom.